The van der Waals surface area contributed by atoms with E-state index in [0.717, 1.165) is 11.6 Å². The zero-order chi connectivity index (χ0) is 22.7. The van der Waals surface area contributed by atoms with Crippen LogP contribution in [0.1, 0.15) is 33.3 Å². The number of nitrogens with two attached hydrogens (primary N) is 2. The minimum Gasteiger partial charge on any atom is -0.508 e. The largest absolute Gasteiger partial charge is 0.508 e. The van der Waals surface area contributed by atoms with Crippen LogP contribution >= 0.6 is 0 Å². The van der Waals surface area contributed by atoms with Crippen LogP contribution < -0.4 is 11.5 Å². The van der Waals surface area contributed by atoms with Crippen LogP contribution in [0.15, 0.2) is 76.5 Å². The summed E-state index contributed by atoms with van der Waals surface area (Å²) >= 11 is 0. The maximum Gasteiger partial charge on any atom is 0.208 e. The second-order valence-corrected chi connectivity index (χ2v) is 5.98. The highest BCUT2D eigenvalue weighted by atomic mass is 16.3. The van der Waals surface area contributed by atoms with Gasteiger partial charge in [0.05, 0.1) is 12.3 Å². The lowest BCUT2D eigenvalue weighted by Crippen LogP contribution is -2.24. The molecular formula is C24H31N3O3. The van der Waals surface area contributed by atoms with E-state index in [9.17, 15) is 15.0 Å². The molecule has 3 rings (SSSR count). The molecule has 0 fully saturated rings. The van der Waals surface area contributed by atoms with E-state index in [0.29, 0.717) is 34.6 Å². The number of anilines is 2. The van der Waals surface area contributed by atoms with Crippen molar-refractivity contribution in [3.05, 3.63) is 77.1 Å². The highest BCUT2D eigenvalue weighted by Gasteiger charge is 2.26. The van der Waals surface area contributed by atoms with Crippen molar-refractivity contribution >= 4 is 28.6 Å². The van der Waals surface area contributed by atoms with Gasteiger partial charge in [-0.15, -0.1) is 0 Å². The number of carbonyl (C=O) groups is 1. The highest BCUT2D eigenvalue weighted by molar-refractivity contribution is 6.51. The van der Waals surface area contributed by atoms with E-state index in [-0.39, 0.29) is 11.5 Å². The van der Waals surface area contributed by atoms with Crippen LogP contribution in [0.5, 0.6) is 0 Å². The second-order valence-electron chi connectivity index (χ2n) is 5.98. The van der Waals surface area contributed by atoms with Crippen LogP contribution in [0, 0.1) is 0 Å². The summed E-state index contributed by atoms with van der Waals surface area (Å²) in [5.74, 6) is -0.614. The zero-order valence-electron chi connectivity index (χ0n) is 18.0. The Kier molecular flexibility index (Phi) is 10.1. The number of allylic oxidation sites excluding steroid dienone is 2. The van der Waals surface area contributed by atoms with Gasteiger partial charge in [-0.25, -0.2) is 4.99 Å². The fourth-order valence-electron chi connectivity index (χ4n) is 2.73. The second kappa shape index (κ2) is 12.2. The number of aliphatic imine (C=N–C) groups is 1. The monoisotopic (exact) mass is 409 g/mol. The molecule has 0 aliphatic heterocycles. The molecule has 2 aromatic carbocycles. The summed E-state index contributed by atoms with van der Waals surface area (Å²) in [4.78, 5) is 16.7. The first-order chi connectivity index (χ1) is 14.5. The van der Waals surface area contributed by atoms with Crippen molar-refractivity contribution in [3.63, 3.8) is 0 Å². The van der Waals surface area contributed by atoms with Gasteiger partial charge in [0.1, 0.15) is 11.5 Å². The summed E-state index contributed by atoms with van der Waals surface area (Å²) < 4.78 is 0. The van der Waals surface area contributed by atoms with Crippen molar-refractivity contribution in [2.75, 3.05) is 18.1 Å². The van der Waals surface area contributed by atoms with Gasteiger partial charge in [-0.2, -0.15) is 0 Å². The molecule has 6 N–H and O–H groups in total. The summed E-state index contributed by atoms with van der Waals surface area (Å²) in [7, 11) is 0. The molecule has 0 amide bonds. The predicted octanol–water partition coefficient (Wildman–Crippen LogP) is 4.53. The number of nitrogen functional groups attached to an aromatic ring is 2. The first kappa shape index (κ1) is 24.7. The number of rotatable bonds is 4. The first-order valence-corrected chi connectivity index (χ1v) is 10.0. The summed E-state index contributed by atoms with van der Waals surface area (Å²) in [6, 6.07) is 13.9. The molecule has 160 valence electrons. The predicted molar refractivity (Wildman–Crippen MR) is 125 cm³/mol. The Morgan fingerprint density at radius 2 is 1.33 bits per heavy atom. The maximum absolute atomic E-state index is 12.3. The molecule has 0 heterocycles. The number of hydrogen-bond acceptors (Lipinski definition) is 6. The Morgan fingerprint density at radius 3 is 1.83 bits per heavy atom. The summed E-state index contributed by atoms with van der Waals surface area (Å²) in [6.07, 6.45) is 1.47. The van der Waals surface area contributed by atoms with Gasteiger partial charge < -0.3 is 21.7 Å². The SMILES string of the molecule is CC.CC.Nc1ccc(CC2=C(CO)C(=Nc3ccc(N)cc3)C(=O)C=C2O)cc1. The van der Waals surface area contributed by atoms with Crippen molar-refractivity contribution in [2.45, 2.75) is 34.1 Å². The van der Waals surface area contributed by atoms with Crippen LogP contribution in [0.3, 0.4) is 0 Å². The van der Waals surface area contributed by atoms with E-state index in [2.05, 4.69) is 4.99 Å². The van der Waals surface area contributed by atoms with Gasteiger partial charge in [0.25, 0.3) is 0 Å². The Morgan fingerprint density at radius 1 is 0.833 bits per heavy atom. The van der Waals surface area contributed by atoms with Gasteiger partial charge in [-0.3, -0.25) is 4.79 Å². The summed E-state index contributed by atoms with van der Waals surface area (Å²) in [5, 5.41) is 20.1. The number of aliphatic hydroxyl groups is 2. The Labute approximate surface area is 178 Å². The van der Waals surface area contributed by atoms with Crippen molar-refractivity contribution in [2.24, 2.45) is 4.99 Å². The molecule has 0 bridgehead atoms. The smallest absolute Gasteiger partial charge is 0.208 e. The number of aliphatic hydroxyl groups excluding tert-OH is 2. The third-order valence-corrected chi connectivity index (χ3v) is 4.11. The van der Waals surface area contributed by atoms with Gasteiger partial charge >= 0.3 is 0 Å². The molecule has 0 spiro atoms. The maximum atomic E-state index is 12.3. The van der Waals surface area contributed by atoms with Crippen LogP contribution in [0.25, 0.3) is 0 Å². The van der Waals surface area contributed by atoms with Crippen LogP contribution in [0.4, 0.5) is 17.1 Å². The molecule has 6 heteroatoms. The third kappa shape index (κ3) is 6.32. The Bertz CT molecular complexity index is 925. The molecule has 1 aliphatic rings. The summed E-state index contributed by atoms with van der Waals surface area (Å²) in [6.45, 7) is 7.59. The van der Waals surface area contributed by atoms with Crippen LogP contribution in [-0.4, -0.2) is 28.3 Å². The highest BCUT2D eigenvalue weighted by Crippen LogP contribution is 2.26. The number of carbonyl (C=O) groups excluding carboxylic acids is 1. The molecule has 0 aromatic heterocycles. The van der Waals surface area contributed by atoms with E-state index in [4.69, 9.17) is 11.5 Å². The van der Waals surface area contributed by atoms with Gasteiger partial charge in [-0.1, -0.05) is 39.8 Å². The Balaban J connectivity index is 0.00000106. The molecule has 2 aromatic rings. The summed E-state index contributed by atoms with van der Waals surface area (Å²) in [5.41, 5.74) is 14.9. The van der Waals surface area contributed by atoms with Gasteiger partial charge in [0, 0.05) is 35.0 Å². The van der Waals surface area contributed by atoms with Crippen LogP contribution in [0.2, 0.25) is 0 Å². The molecule has 30 heavy (non-hydrogen) atoms. The number of nitrogens with zero attached hydrogens (tertiary/aromatic N) is 1. The average Bonchev–Trinajstić information content (AvgIpc) is 2.77. The van der Waals surface area contributed by atoms with Crippen molar-refractivity contribution < 1.29 is 15.0 Å². The first-order valence-electron chi connectivity index (χ1n) is 10.0. The van der Waals surface area contributed by atoms with E-state index in [1.807, 2.05) is 39.8 Å². The van der Waals surface area contributed by atoms with E-state index < -0.39 is 12.4 Å². The normalized spacial score (nSPS) is 14.4. The lowest BCUT2D eigenvalue weighted by atomic mass is 9.89. The number of hydrogen-bond donors (Lipinski definition) is 4. The van der Waals surface area contributed by atoms with Gasteiger partial charge in [0.15, 0.2) is 0 Å². The minimum absolute atomic E-state index is 0.112. The van der Waals surface area contributed by atoms with E-state index in [1.54, 1.807) is 36.4 Å². The van der Waals surface area contributed by atoms with Crippen molar-refractivity contribution in [1.82, 2.24) is 0 Å². The molecule has 0 atom stereocenters. The van der Waals surface area contributed by atoms with Gasteiger partial charge in [-0.05, 0) is 42.0 Å². The Hall–Kier alpha value is -3.38. The van der Waals surface area contributed by atoms with Crippen LogP contribution in [-0.2, 0) is 11.2 Å². The molecule has 0 saturated heterocycles. The lowest BCUT2D eigenvalue weighted by Gasteiger charge is -2.19. The fourth-order valence-corrected chi connectivity index (χ4v) is 2.73. The molecular weight excluding hydrogens is 378 g/mol. The lowest BCUT2D eigenvalue weighted by molar-refractivity contribution is -0.109. The molecule has 0 radical (unpaired) electrons. The quantitative estimate of drug-likeness (QED) is 0.436. The standard InChI is InChI=1S/C20H19N3O3.2C2H6/c21-13-3-1-12(2-4-13)9-16-17(11-24)20(19(26)10-18(16)25)23-15-7-5-14(22)6-8-15;2*1-2/h1-8,10,24-25H,9,11,21-22H2;2*1-2H3. The number of ketones is 1. The van der Waals surface area contributed by atoms with E-state index in [1.165, 1.54) is 0 Å². The average molecular weight is 410 g/mol. The molecule has 0 unspecified atom stereocenters. The molecule has 6 nitrogen and oxygen atoms in total. The third-order valence-electron chi connectivity index (χ3n) is 4.11. The molecule has 1 aliphatic carbocycles. The minimum atomic E-state index is -0.454. The topological polar surface area (TPSA) is 122 Å². The van der Waals surface area contributed by atoms with Crippen molar-refractivity contribution in [1.29, 1.82) is 0 Å². The van der Waals surface area contributed by atoms with Gasteiger partial charge in [0.2, 0.25) is 5.78 Å². The van der Waals surface area contributed by atoms with E-state index >= 15 is 0 Å². The number of benzene rings is 2. The molecule has 0 saturated carbocycles. The zero-order valence-corrected chi connectivity index (χ0v) is 18.0. The fraction of sp³-hybridized carbons (Fsp3) is 0.250. The van der Waals surface area contributed by atoms with Crippen molar-refractivity contribution in [3.8, 4) is 0 Å².